The molecule has 0 amide bonds. The molecule has 0 spiro atoms. The molecule has 76 valence electrons. The average Bonchev–Trinajstić information content (AvgIpc) is 2.09. The molecule has 0 bridgehead atoms. The van der Waals surface area contributed by atoms with Gasteiger partial charge >= 0.3 is 5.97 Å². The zero-order valence-electron chi connectivity index (χ0n) is 6.78. The van der Waals surface area contributed by atoms with Gasteiger partial charge < -0.3 is 4.74 Å². The number of hydrogen-bond acceptors (Lipinski definition) is 3. The van der Waals surface area contributed by atoms with Gasteiger partial charge in [-0.05, 0) is 0 Å². The third-order valence-corrected chi connectivity index (χ3v) is 1.86. The van der Waals surface area contributed by atoms with Crippen LogP contribution in [0.2, 0.25) is 10.0 Å². The van der Waals surface area contributed by atoms with E-state index >= 15 is 0 Å². The van der Waals surface area contributed by atoms with Gasteiger partial charge in [-0.2, -0.15) is 13.8 Å². The van der Waals surface area contributed by atoms with Crippen LogP contribution in [0.1, 0.15) is 6.92 Å². The molecule has 0 saturated heterocycles. The van der Waals surface area contributed by atoms with E-state index in [9.17, 15) is 13.6 Å². The first-order chi connectivity index (χ1) is 6.43. The number of rotatable bonds is 1. The van der Waals surface area contributed by atoms with Crippen molar-refractivity contribution in [2.75, 3.05) is 0 Å². The second-order valence-corrected chi connectivity index (χ2v) is 3.00. The molecule has 0 aliphatic rings. The first-order valence-corrected chi connectivity index (χ1v) is 4.07. The maximum Gasteiger partial charge on any atom is 0.308 e. The van der Waals surface area contributed by atoms with Crippen LogP contribution >= 0.6 is 23.2 Å². The molecule has 0 aromatic carbocycles. The van der Waals surface area contributed by atoms with Crippen molar-refractivity contribution >= 4 is 29.2 Å². The molecular weight excluding hydrogens is 239 g/mol. The number of pyridine rings is 1. The second kappa shape index (κ2) is 4.06. The van der Waals surface area contributed by atoms with Gasteiger partial charge in [0.1, 0.15) is 10.0 Å². The smallest absolute Gasteiger partial charge is 0.308 e. The summed E-state index contributed by atoms with van der Waals surface area (Å²) in [5.41, 5.74) is 0. The van der Waals surface area contributed by atoms with Gasteiger partial charge in [0.15, 0.2) is 5.75 Å². The summed E-state index contributed by atoms with van der Waals surface area (Å²) >= 11 is 10.7. The van der Waals surface area contributed by atoms with E-state index in [4.69, 9.17) is 23.2 Å². The molecule has 0 saturated carbocycles. The Balaban J connectivity index is 3.31. The summed E-state index contributed by atoms with van der Waals surface area (Å²) in [6, 6.07) is 0. The van der Waals surface area contributed by atoms with E-state index in [1.807, 2.05) is 0 Å². The van der Waals surface area contributed by atoms with Crippen LogP contribution in [0.4, 0.5) is 8.78 Å². The molecule has 1 aromatic rings. The van der Waals surface area contributed by atoms with E-state index in [1.54, 1.807) is 0 Å². The Labute approximate surface area is 87.6 Å². The predicted octanol–water partition coefficient (Wildman–Crippen LogP) is 2.59. The van der Waals surface area contributed by atoms with Crippen molar-refractivity contribution in [3.05, 3.63) is 21.9 Å². The highest BCUT2D eigenvalue weighted by Gasteiger charge is 2.20. The molecule has 0 unspecified atom stereocenters. The van der Waals surface area contributed by atoms with E-state index in [0.29, 0.717) is 0 Å². The van der Waals surface area contributed by atoms with Crippen molar-refractivity contribution in [2.24, 2.45) is 0 Å². The third-order valence-electron chi connectivity index (χ3n) is 1.20. The van der Waals surface area contributed by atoms with E-state index in [1.165, 1.54) is 0 Å². The fourth-order valence-corrected chi connectivity index (χ4v) is 1.10. The molecule has 0 aliphatic carbocycles. The third kappa shape index (κ3) is 2.10. The lowest BCUT2D eigenvalue weighted by Crippen LogP contribution is -2.05. The molecule has 14 heavy (non-hydrogen) atoms. The Morgan fingerprint density at radius 3 is 2.07 bits per heavy atom. The maximum atomic E-state index is 12.7. The zero-order chi connectivity index (χ0) is 10.9. The minimum atomic E-state index is -1.29. The van der Waals surface area contributed by atoms with Crippen LogP contribution in [0, 0.1) is 11.9 Å². The Morgan fingerprint density at radius 2 is 1.71 bits per heavy atom. The van der Waals surface area contributed by atoms with Gasteiger partial charge in [-0.1, -0.05) is 23.2 Å². The summed E-state index contributed by atoms with van der Waals surface area (Å²) in [4.78, 5) is 13.3. The Morgan fingerprint density at radius 1 is 1.29 bits per heavy atom. The lowest BCUT2D eigenvalue weighted by Gasteiger charge is -2.06. The number of hydrogen-bond donors (Lipinski definition) is 0. The van der Waals surface area contributed by atoms with Crippen molar-refractivity contribution in [3.8, 4) is 5.75 Å². The van der Waals surface area contributed by atoms with Gasteiger partial charge in [-0.25, -0.2) is 0 Å². The van der Waals surface area contributed by atoms with Crippen LogP contribution in [0.3, 0.4) is 0 Å². The van der Waals surface area contributed by atoms with Gasteiger partial charge in [0.25, 0.3) is 0 Å². The minimum Gasteiger partial charge on any atom is -0.423 e. The van der Waals surface area contributed by atoms with Gasteiger partial charge in [-0.3, -0.25) is 4.79 Å². The van der Waals surface area contributed by atoms with Crippen LogP contribution < -0.4 is 4.74 Å². The Bertz CT molecular complexity index is 372. The summed E-state index contributed by atoms with van der Waals surface area (Å²) in [5, 5.41) is -1.27. The Hall–Kier alpha value is -0.940. The quantitative estimate of drug-likeness (QED) is 0.561. The summed E-state index contributed by atoms with van der Waals surface area (Å²) in [5.74, 6) is -3.93. The lowest BCUT2D eigenvalue weighted by atomic mass is 10.4. The highest BCUT2D eigenvalue weighted by atomic mass is 35.5. The number of esters is 1. The molecule has 0 N–H and O–H groups in total. The molecule has 3 nitrogen and oxygen atoms in total. The normalized spacial score (nSPS) is 10.1. The average molecular weight is 242 g/mol. The minimum absolute atomic E-state index is 0.564. The number of carbonyl (C=O) groups is 1. The summed E-state index contributed by atoms with van der Waals surface area (Å²) < 4.78 is 29.9. The molecule has 0 fully saturated rings. The number of ether oxygens (including phenoxy) is 1. The highest BCUT2D eigenvalue weighted by Crippen LogP contribution is 2.35. The Kier molecular flexibility index (Phi) is 3.23. The SMILES string of the molecule is CC(=O)Oc1c(Cl)c(F)nc(F)c1Cl. The topological polar surface area (TPSA) is 39.2 Å². The first-order valence-electron chi connectivity index (χ1n) is 3.32. The van der Waals surface area contributed by atoms with Crippen LogP contribution in [0.5, 0.6) is 5.75 Å². The van der Waals surface area contributed by atoms with Crippen LogP contribution in [-0.2, 0) is 4.79 Å². The summed E-state index contributed by atoms with van der Waals surface area (Å²) in [6.45, 7) is 1.04. The maximum absolute atomic E-state index is 12.7. The second-order valence-electron chi connectivity index (χ2n) is 2.24. The van der Waals surface area contributed by atoms with Gasteiger partial charge in [0.2, 0.25) is 11.9 Å². The molecule has 7 heteroatoms. The van der Waals surface area contributed by atoms with E-state index in [-0.39, 0.29) is 0 Å². The predicted molar refractivity (Wildman–Crippen MR) is 45.5 cm³/mol. The molecule has 1 rings (SSSR count). The van der Waals surface area contributed by atoms with Crippen molar-refractivity contribution in [1.29, 1.82) is 0 Å². The largest absolute Gasteiger partial charge is 0.423 e. The van der Waals surface area contributed by atoms with Gasteiger partial charge in [-0.15, -0.1) is 0 Å². The number of carbonyl (C=O) groups excluding carboxylic acids is 1. The van der Waals surface area contributed by atoms with E-state index in [0.717, 1.165) is 6.92 Å². The van der Waals surface area contributed by atoms with Crippen molar-refractivity contribution in [1.82, 2.24) is 4.98 Å². The summed E-state index contributed by atoms with van der Waals surface area (Å²) in [6.07, 6.45) is 0. The molecule has 0 radical (unpaired) electrons. The lowest BCUT2D eigenvalue weighted by molar-refractivity contribution is -0.131. The van der Waals surface area contributed by atoms with E-state index < -0.39 is 33.7 Å². The van der Waals surface area contributed by atoms with Crippen LogP contribution in [0.25, 0.3) is 0 Å². The zero-order valence-corrected chi connectivity index (χ0v) is 8.29. The van der Waals surface area contributed by atoms with Crippen LogP contribution in [0.15, 0.2) is 0 Å². The highest BCUT2D eigenvalue weighted by molar-refractivity contribution is 6.37. The molecule has 1 aromatic heterocycles. The standard InChI is InChI=1S/C7H3Cl2F2NO2/c1-2(13)14-5-3(8)6(10)12-7(11)4(5)9/h1H3. The fourth-order valence-electron chi connectivity index (χ4n) is 0.701. The fraction of sp³-hybridized carbons (Fsp3) is 0.143. The van der Waals surface area contributed by atoms with E-state index in [2.05, 4.69) is 9.72 Å². The molecular formula is C7H3Cl2F2NO2. The van der Waals surface area contributed by atoms with Gasteiger partial charge in [0, 0.05) is 6.92 Å². The number of halogens is 4. The van der Waals surface area contributed by atoms with Crippen molar-refractivity contribution in [2.45, 2.75) is 6.92 Å². The molecule has 0 aliphatic heterocycles. The van der Waals surface area contributed by atoms with Crippen molar-refractivity contribution < 1.29 is 18.3 Å². The molecule has 1 heterocycles. The van der Waals surface area contributed by atoms with Gasteiger partial charge in [0.05, 0.1) is 0 Å². The van der Waals surface area contributed by atoms with Crippen LogP contribution in [-0.4, -0.2) is 11.0 Å². The summed E-state index contributed by atoms with van der Waals surface area (Å²) in [7, 11) is 0. The monoisotopic (exact) mass is 241 g/mol. The number of aromatic nitrogens is 1. The molecule has 0 atom stereocenters. The van der Waals surface area contributed by atoms with Crippen molar-refractivity contribution in [3.63, 3.8) is 0 Å². The first kappa shape index (κ1) is 11.1. The number of nitrogens with zero attached hydrogens (tertiary/aromatic N) is 1.